The molecule has 2 N–H and O–H groups in total. The molecule has 5 nitrogen and oxygen atoms in total. The van der Waals surface area contributed by atoms with Crippen molar-refractivity contribution >= 4 is 11.0 Å². The molecule has 0 spiro atoms. The first-order chi connectivity index (χ1) is 10.2. The monoisotopic (exact) mass is 284 g/mol. The Morgan fingerprint density at radius 3 is 2.76 bits per heavy atom. The van der Waals surface area contributed by atoms with Crippen molar-refractivity contribution < 1.29 is 4.42 Å². The number of benzene rings is 1. The number of nitrogens with zero attached hydrogens (tertiary/aromatic N) is 3. The SMILES string of the molecule is CCc1nc(CC)n(CC(N)c2cc3ccccc3o2)n1. The highest BCUT2D eigenvalue weighted by Gasteiger charge is 2.16. The zero-order valence-electron chi connectivity index (χ0n) is 12.4. The molecule has 2 heterocycles. The maximum atomic E-state index is 6.28. The molecule has 0 aliphatic rings. The lowest BCUT2D eigenvalue weighted by atomic mass is 10.2. The van der Waals surface area contributed by atoms with Crippen molar-refractivity contribution in [2.45, 2.75) is 39.3 Å². The van der Waals surface area contributed by atoms with Gasteiger partial charge in [0.1, 0.15) is 17.2 Å². The highest BCUT2D eigenvalue weighted by molar-refractivity contribution is 5.77. The van der Waals surface area contributed by atoms with Gasteiger partial charge in [-0.25, -0.2) is 9.67 Å². The molecule has 1 aromatic carbocycles. The molecular formula is C16H20N4O. The smallest absolute Gasteiger partial charge is 0.150 e. The predicted octanol–water partition coefficient (Wildman–Crippen LogP) is 2.85. The number of furan rings is 1. The van der Waals surface area contributed by atoms with Gasteiger partial charge in [0.25, 0.3) is 0 Å². The van der Waals surface area contributed by atoms with Crippen LogP contribution in [0.3, 0.4) is 0 Å². The van der Waals surface area contributed by atoms with Crippen molar-refractivity contribution in [2.75, 3.05) is 0 Å². The van der Waals surface area contributed by atoms with Gasteiger partial charge in [0.05, 0.1) is 12.6 Å². The molecule has 0 bridgehead atoms. The largest absolute Gasteiger partial charge is 0.459 e. The molecule has 5 heteroatoms. The summed E-state index contributed by atoms with van der Waals surface area (Å²) in [5, 5.41) is 5.58. The van der Waals surface area contributed by atoms with Crippen LogP contribution < -0.4 is 5.73 Å². The summed E-state index contributed by atoms with van der Waals surface area (Å²) in [6.45, 7) is 4.71. The van der Waals surface area contributed by atoms with Gasteiger partial charge < -0.3 is 10.2 Å². The molecule has 0 fully saturated rings. The lowest BCUT2D eigenvalue weighted by Crippen LogP contribution is -2.19. The highest BCUT2D eigenvalue weighted by Crippen LogP contribution is 2.23. The third kappa shape index (κ3) is 2.69. The fraction of sp³-hybridized carbons (Fsp3) is 0.375. The molecule has 21 heavy (non-hydrogen) atoms. The number of nitrogens with two attached hydrogens (primary N) is 1. The number of rotatable bonds is 5. The number of aromatic nitrogens is 3. The first-order valence-electron chi connectivity index (χ1n) is 7.38. The summed E-state index contributed by atoms with van der Waals surface area (Å²) in [5.41, 5.74) is 7.15. The van der Waals surface area contributed by atoms with E-state index < -0.39 is 0 Å². The van der Waals surface area contributed by atoms with Crippen molar-refractivity contribution in [1.29, 1.82) is 0 Å². The molecule has 0 radical (unpaired) electrons. The minimum Gasteiger partial charge on any atom is -0.459 e. The first-order valence-corrected chi connectivity index (χ1v) is 7.38. The minimum absolute atomic E-state index is 0.228. The Labute approximate surface area is 123 Å². The van der Waals surface area contributed by atoms with E-state index in [1.54, 1.807) is 0 Å². The van der Waals surface area contributed by atoms with E-state index in [1.807, 2.05) is 35.0 Å². The standard InChI is InChI=1S/C16H20N4O/c1-3-15-18-16(4-2)20(19-15)10-12(17)14-9-11-7-5-6-8-13(11)21-14/h5-9,12H,3-4,10,17H2,1-2H3. The maximum Gasteiger partial charge on any atom is 0.150 e. The molecule has 3 rings (SSSR count). The average molecular weight is 284 g/mol. The molecule has 0 aliphatic heterocycles. The zero-order valence-corrected chi connectivity index (χ0v) is 12.4. The van der Waals surface area contributed by atoms with E-state index in [9.17, 15) is 0 Å². The average Bonchev–Trinajstić information content (AvgIpc) is 3.10. The van der Waals surface area contributed by atoms with Crippen LogP contribution in [0.4, 0.5) is 0 Å². The van der Waals surface area contributed by atoms with E-state index in [1.165, 1.54) is 0 Å². The van der Waals surface area contributed by atoms with Gasteiger partial charge in [-0.15, -0.1) is 0 Å². The van der Waals surface area contributed by atoms with Gasteiger partial charge in [0, 0.05) is 18.2 Å². The Morgan fingerprint density at radius 1 is 1.24 bits per heavy atom. The molecule has 0 amide bonds. The van der Waals surface area contributed by atoms with Crippen molar-refractivity contribution in [3.63, 3.8) is 0 Å². The third-order valence-corrected chi connectivity index (χ3v) is 3.60. The summed E-state index contributed by atoms with van der Waals surface area (Å²) in [5.74, 6) is 2.62. The number of fused-ring (bicyclic) bond motifs is 1. The molecule has 3 aromatic rings. The maximum absolute atomic E-state index is 6.28. The van der Waals surface area contributed by atoms with Crippen LogP contribution in [0.15, 0.2) is 34.7 Å². The van der Waals surface area contributed by atoms with Crippen LogP contribution in [0.5, 0.6) is 0 Å². The fourth-order valence-corrected chi connectivity index (χ4v) is 2.45. The van der Waals surface area contributed by atoms with Crippen molar-refractivity contribution in [1.82, 2.24) is 14.8 Å². The summed E-state index contributed by atoms with van der Waals surface area (Å²) >= 11 is 0. The van der Waals surface area contributed by atoms with Gasteiger partial charge >= 0.3 is 0 Å². The lowest BCUT2D eigenvalue weighted by molar-refractivity contribution is 0.430. The lowest BCUT2D eigenvalue weighted by Gasteiger charge is -2.10. The number of para-hydroxylation sites is 1. The van der Waals surface area contributed by atoms with E-state index in [2.05, 4.69) is 23.9 Å². The Hall–Kier alpha value is -2.14. The molecular weight excluding hydrogens is 264 g/mol. The van der Waals surface area contributed by atoms with Crippen molar-refractivity contribution in [2.24, 2.45) is 5.73 Å². The molecule has 0 saturated carbocycles. The first kappa shape index (κ1) is 13.8. The van der Waals surface area contributed by atoms with E-state index in [0.717, 1.165) is 41.2 Å². The summed E-state index contributed by atoms with van der Waals surface area (Å²) < 4.78 is 7.72. The van der Waals surface area contributed by atoms with Crippen LogP contribution in [-0.2, 0) is 19.4 Å². The number of aryl methyl sites for hydroxylation is 2. The quantitative estimate of drug-likeness (QED) is 0.782. The van der Waals surface area contributed by atoms with Gasteiger partial charge in [0.15, 0.2) is 5.82 Å². The second kappa shape index (κ2) is 5.69. The number of hydrogen-bond donors (Lipinski definition) is 1. The Kier molecular flexibility index (Phi) is 3.75. The third-order valence-electron chi connectivity index (χ3n) is 3.60. The summed E-state index contributed by atoms with van der Waals surface area (Å²) in [4.78, 5) is 4.50. The van der Waals surface area contributed by atoms with Crippen LogP contribution in [-0.4, -0.2) is 14.8 Å². The summed E-state index contributed by atoms with van der Waals surface area (Å²) in [6, 6.07) is 9.71. The molecule has 0 aliphatic carbocycles. The number of hydrogen-bond acceptors (Lipinski definition) is 4. The minimum atomic E-state index is -0.228. The summed E-state index contributed by atoms with van der Waals surface area (Å²) in [6.07, 6.45) is 1.68. The Bertz CT molecular complexity index is 711. The van der Waals surface area contributed by atoms with Gasteiger partial charge in [0.2, 0.25) is 0 Å². The Morgan fingerprint density at radius 2 is 2.05 bits per heavy atom. The zero-order chi connectivity index (χ0) is 14.8. The van der Waals surface area contributed by atoms with Crippen molar-refractivity contribution in [3.8, 4) is 0 Å². The van der Waals surface area contributed by atoms with E-state index in [4.69, 9.17) is 10.2 Å². The van der Waals surface area contributed by atoms with Gasteiger partial charge in [-0.2, -0.15) is 5.10 Å². The topological polar surface area (TPSA) is 69.9 Å². The highest BCUT2D eigenvalue weighted by atomic mass is 16.3. The second-order valence-electron chi connectivity index (χ2n) is 5.13. The molecule has 110 valence electrons. The normalized spacial score (nSPS) is 12.9. The van der Waals surface area contributed by atoms with Crippen LogP contribution in [0.25, 0.3) is 11.0 Å². The van der Waals surface area contributed by atoms with Gasteiger partial charge in [-0.3, -0.25) is 0 Å². The molecule has 0 saturated heterocycles. The summed E-state index contributed by atoms with van der Waals surface area (Å²) in [7, 11) is 0. The molecule has 1 unspecified atom stereocenters. The van der Waals surface area contributed by atoms with Crippen LogP contribution in [0.1, 0.15) is 37.3 Å². The predicted molar refractivity (Wildman–Crippen MR) is 81.9 cm³/mol. The van der Waals surface area contributed by atoms with Crippen molar-refractivity contribution in [3.05, 3.63) is 47.7 Å². The Balaban J connectivity index is 1.85. The fourth-order valence-electron chi connectivity index (χ4n) is 2.45. The van der Waals surface area contributed by atoms with E-state index in [-0.39, 0.29) is 6.04 Å². The second-order valence-corrected chi connectivity index (χ2v) is 5.13. The van der Waals surface area contributed by atoms with Crippen LogP contribution >= 0.6 is 0 Å². The molecule has 1 atom stereocenters. The van der Waals surface area contributed by atoms with Gasteiger partial charge in [-0.05, 0) is 12.1 Å². The van der Waals surface area contributed by atoms with Crippen LogP contribution in [0, 0.1) is 0 Å². The van der Waals surface area contributed by atoms with Crippen LogP contribution in [0.2, 0.25) is 0 Å². The van der Waals surface area contributed by atoms with Gasteiger partial charge in [-0.1, -0.05) is 32.0 Å². The van der Waals surface area contributed by atoms with E-state index in [0.29, 0.717) is 6.54 Å². The molecule has 2 aromatic heterocycles. The van der Waals surface area contributed by atoms with E-state index >= 15 is 0 Å².